The van der Waals surface area contributed by atoms with Crippen molar-refractivity contribution in [3.05, 3.63) is 95.3 Å². The number of benzene rings is 3. The zero-order valence-electron chi connectivity index (χ0n) is 31.4. The molecule has 0 spiro atoms. The second-order valence-electron chi connectivity index (χ2n) is 13.1. The van der Waals surface area contributed by atoms with E-state index in [1.54, 1.807) is 43.7 Å². The molecule has 296 valence electrons. The van der Waals surface area contributed by atoms with Crippen LogP contribution >= 0.6 is 37.2 Å². The lowest BCUT2D eigenvalue weighted by atomic mass is 10.1. The van der Waals surface area contributed by atoms with Crippen LogP contribution in [0.2, 0.25) is 0 Å². The van der Waals surface area contributed by atoms with Crippen molar-refractivity contribution in [2.24, 2.45) is 0 Å². The number of likely N-dealkylation sites (N-methyl/N-ethyl adjacent to an activating group) is 1. The molecule has 0 atom stereocenters. The van der Waals surface area contributed by atoms with Gasteiger partial charge in [0, 0.05) is 57.6 Å². The molecule has 0 unspecified atom stereocenters. The summed E-state index contributed by atoms with van der Waals surface area (Å²) in [4.78, 5) is 60.9. The number of carbonyl (C=O) groups is 3. The van der Waals surface area contributed by atoms with Crippen LogP contribution in [0.25, 0.3) is 11.0 Å². The molecule has 3 amide bonds. The highest BCUT2D eigenvalue weighted by atomic mass is 35.5. The van der Waals surface area contributed by atoms with Crippen LogP contribution in [-0.4, -0.2) is 101 Å². The monoisotopic (exact) mass is 814 g/mol. The fourth-order valence-electron chi connectivity index (χ4n) is 6.29. The van der Waals surface area contributed by atoms with E-state index in [1.165, 1.54) is 12.0 Å². The number of aryl methyl sites for hydroxylation is 1. The van der Waals surface area contributed by atoms with Crippen LogP contribution in [0.1, 0.15) is 63.6 Å². The average molecular weight is 816 g/mol. The lowest BCUT2D eigenvalue weighted by Gasteiger charge is -2.32. The molecule has 0 saturated carbocycles. The Morgan fingerprint density at radius 1 is 0.927 bits per heavy atom. The first-order valence-corrected chi connectivity index (χ1v) is 17.6. The summed E-state index contributed by atoms with van der Waals surface area (Å²) in [5.74, 6) is 1.89. The highest BCUT2D eigenvalue weighted by molar-refractivity contribution is 6.11. The number of aromatic nitrogens is 4. The van der Waals surface area contributed by atoms with Crippen LogP contribution in [0, 0.1) is 6.92 Å². The van der Waals surface area contributed by atoms with Gasteiger partial charge >= 0.3 is 0 Å². The Balaban J connectivity index is 0.00000271. The number of aromatic amines is 2. The summed E-state index contributed by atoms with van der Waals surface area (Å²) in [7, 11) is 5.24. The Morgan fingerprint density at radius 3 is 2.44 bits per heavy atom. The van der Waals surface area contributed by atoms with Crippen molar-refractivity contribution in [3.63, 3.8) is 0 Å². The highest BCUT2D eigenvalue weighted by Crippen LogP contribution is 2.32. The number of piperazine rings is 1. The Hall–Kier alpha value is -4.82. The predicted molar refractivity (Wildman–Crippen MR) is 222 cm³/mol. The molecule has 0 bridgehead atoms. The van der Waals surface area contributed by atoms with Crippen molar-refractivity contribution >= 4 is 77.4 Å². The van der Waals surface area contributed by atoms with Crippen molar-refractivity contribution in [1.82, 2.24) is 29.7 Å². The third-order valence-corrected chi connectivity index (χ3v) is 9.32. The van der Waals surface area contributed by atoms with Gasteiger partial charge in [-0.15, -0.1) is 37.2 Å². The number of para-hydroxylation sites is 1. The first-order chi connectivity index (χ1) is 25.2. The van der Waals surface area contributed by atoms with Gasteiger partial charge in [-0.25, -0.2) is 9.97 Å². The molecule has 3 N–H and O–H groups in total. The van der Waals surface area contributed by atoms with Gasteiger partial charge in [-0.05, 0) is 81.3 Å². The number of fused-ring (bicyclic) bond motifs is 1. The molecular weight excluding hydrogens is 767 g/mol. The number of methoxy groups -OCH3 is 1. The SMILES string of the molecule is COc1cc(C(=O)N(C)c2ccc(C)cc2OCCCCCC(=O)N2CCN(C)CC2)ccc1C(=O)Nc1cccc2[nH]c(Cc3ncc[nH]3)nc12.Cl.Cl.Cl. The van der Waals surface area contributed by atoms with Gasteiger partial charge in [0.15, 0.2) is 0 Å². The first-order valence-electron chi connectivity index (χ1n) is 17.6. The van der Waals surface area contributed by atoms with Crippen LogP contribution in [0.4, 0.5) is 11.4 Å². The molecule has 1 fully saturated rings. The van der Waals surface area contributed by atoms with Crippen LogP contribution in [0.5, 0.6) is 11.5 Å². The van der Waals surface area contributed by atoms with Crippen molar-refractivity contribution in [2.45, 2.75) is 39.0 Å². The molecule has 0 aliphatic carbocycles. The number of rotatable bonds is 14. The number of nitrogens with one attached hydrogen (secondary N) is 3. The second kappa shape index (κ2) is 20.7. The molecule has 1 saturated heterocycles. The van der Waals surface area contributed by atoms with Gasteiger partial charge in [-0.2, -0.15) is 0 Å². The maximum Gasteiger partial charge on any atom is 0.259 e. The van der Waals surface area contributed by atoms with E-state index in [-0.39, 0.29) is 60.3 Å². The van der Waals surface area contributed by atoms with E-state index in [1.807, 2.05) is 42.2 Å². The molecule has 13 nitrogen and oxygen atoms in total. The van der Waals surface area contributed by atoms with Gasteiger partial charge in [0.25, 0.3) is 11.8 Å². The number of imidazole rings is 2. The number of hydrogen-bond donors (Lipinski definition) is 3. The minimum Gasteiger partial charge on any atom is -0.496 e. The van der Waals surface area contributed by atoms with Crippen LogP contribution < -0.4 is 19.7 Å². The smallest absolute Gasteiger partial charge is 0.259 e. The summed E-state index contributed by atoms with van der Waals surface area (Å²) in [6.45, 7) is 5.88. The third-order valence-electron chi connectivity index (χ3n) is 9.32. The van der Waals surface area contributed by atoms with E-state index >= 15 is 0 Å². The van der Waals surface area contributed by atoms with Gasteiger partial charge in [0.1, 0.15) is 28.7 Å². The van der Waals surface area contributed by atoms with Crippen molar-refractivity contribution in [3.8, 4) is 11.5 Å². The lowest BCUT2D eigenvalue weighted by molar-refractivity contribution is -0.132. The quantitative estimate of drug-likeness (QED) is 0.105. The molecule has 3 heterocycles. The van der Waals surface area contributed by atoms with E-state index in [4.69, 9.17) is 14.5 Å². The van der Waals surface area contributed by atoms with E-state index in [9.17, 15) is 14.4 Å². The number of carbonyl (C=O) groups excluding carboxylic acids is 3. The first kappa shape index (κ1) is 44.6. The van der Waals surface area contributed by atoms with Crippen LogP contribution in [0.3, 0.4) is 0 Å². The molecular formula is C39H49Cl3N8O5. The molecule has 55 heavy (non-hydrogen) atoms. The summed E-state index contributed by atoms with van der Waals surface area (Å²) in [5.41, 5.74) is 4.20. The second-order valence-corrected chi connectivity index (χ2v) is 13.1. The molecule has 0 radical (unpaired) electrons. The number of anilines is 2. The fourth-order valence-corrected chi connectivity index (χ4v) is 6.29. The maximum absolute atomic E-state index is 13.8. The summed E-state index contributed by atoms with van der Waals surface area (Å²) in [6, 6.07) is 16.0. The molecule has 1 aliphatic heterocycles. The summed E-state index contributed by atoms with van der Waals surface area (Å²) >= 11 is 0. The van der Waals surface area contributed by atoms with Crippen LogP contribution in [-0.2, 0) is 11.2 Å². The van der Waals surface area contributed by atoms with Gasteiger partial charge in [-0.1, -0.05) is 12.1 Å². The molecule has 3 aromatic carbocycles. The topological polar surface area (TPSA) is 149 Å². The number of unbranched alkanes of at least 4 members (excludes halogenated alkanes) is 2. The largest absolute Gasteiger partial charge is 0.496 e. The molecule has 1 aliphatic rings. The van der Waals surface area contributed by atoms with Gasteiger partial charge in [-0.3, -0.25) is 14.4 Å². The Morgan fingerprint density at radius 2 is 1.71 bits per heavy atom. The standard InChI is InChI=1S/C39H46N8O5.3ClH/c1-26-12-15-31(33(23-26)52-22-7-5-6-11-36(48)47-20-18-45(2)19-21-47)46(3)39(50)27-13-14-28(32(24-27)51-4)38(49)43-30-10-8-9-29-37(30)44-35(42-29)25-34-40-16-17-41-34;;;/h8-10,12-17,23-24H,5-7,11,18-22,25H2,1-4H3,(H,40,41)(H,42,44)(H,43,49);3*1H. The zero-order chi connectivity index (χ0) is 36.6. The van der Waals surface area contributed by atoms with E-state index in [0.717, 1.165) is 62.3 Å². The fraction of sp³-hybridized carbons (Fsp3) is 0.359. The van der Waals surface area contributed by atoms with Gasteiger partial charge < -0.3 is 39.5 Å². The number of H-pyrrole nitrogens is 2. The molecule has 2 aromatic heterocycles. The van der Waals surface area contributed by atoms with E-state index in [0.29, 0.717) is 53.5 Å². The Labute approximate surface area is 339 Å². The van der Waals surface area contributed by atoms with Gasteiger partial charge in [0.05, 0.1) is 42.6 Å². The minimum absolute atomic E-state index is 0. The predicted octanol–water partition coefficient (Wildman–Crippen LogP) is 6.70. The maximum atomic E-state index is 13.8. The average Bonchev–Trinajstić information content (AvgIpc) is 3.83. The van der Waals surface area contributed by atoms with Crippen molar-refractivity contribution < 1.29 is 23.9 Å². The Kier molecular flexibility index (Phi) is 16.8. The van der Waals surface area contributed by atoms with E-state index < -0.39 is 5.91 Å². The molecule has 6 rings (SSSR count). The Bertz CT molecular complexity index is 2030. The summed E-state index contributed by atoms with van der Waals surface area (Å²) in [6.07, 6.45) is 6.97. The lowest BCUT2D eigenvalue weighted by Crippen LogP contribution is -2.47. The van der Waals surface area contributed by atoms with Crippen molar-refractivity contribution in [1.29, 1.82) is 0 Å². The van der Waals surface area contributed by atoms with Crippen molar-refractivity contribution in [2.75, 3.05) is 64.2 Å². The molecule has 16 heteroatoms. The number of nitrogens with zero attached hydrogens (tertiary/aromatic N) is 5. The number of ether oxygens (including phenoxy) is 2. The highest BCUT2D eigenvalue weighted by Gasteiger charge is 2.22. The van der Waals surface area contributed by atoms with Gasteiger partial charge in [0.2, 0.25) is 5.91 Å². The molecule has 5 aromatic rings. The zero-order valence-corrected chi connectivity index (χ0v) is 33.9. The van der Waals surface area contributed by atoms with E-state index in [2.05, 4.69) is 32.2 Å². The summed E-state index contributed by atoms with van der Waals surface area (Å²) < 4.78 is 11.8. The third kappa shape index (κ3) is 11.1. The number of halogens is 3. The minimum atomic E-state index is -0.398. The number of amides is 3. The normalized spacial score (nSPS) is 12.5. The number of hydrogen-bond acceptors (Lipinski definition) is 8. The van der Waals surface area contributed by atoms with Crippen LogP contribution in [0.15, 0.2) is 67.0 Å². The summed E-state index contributed by atoms with van der Waals surface area (Å²) in [5, 5.41) is 2.96.